The number of benzene rings is 1. The molecule has 0 aromatic heterocycles. The maximum absolute atomic E-state index is 6.55. The van der Waals surface area contributed by atoms with Crippen molar-refractivity contribution in [2.75, 3.05) is 7.11 Å². The van der Waals surface area contributed by atoms with E-state index in [0.717, 1.165) is 16.9 Å². The van der Waals surface area contributed by atoms with Gasteiger partial charge in [-0.15, -0.1) is 0 Å². The van der Waals surface area contributed by atoms with E-state index >= 15 is 0 Å². The van der Waals surface area contributed by atoms with Crippen molar-refractivity contribution in [2.45, 2.75) is 58.7 Å². The van der Waals surface area contributed by atoms with E-state index in [-0.39, 0.29) is 11.3 Å². The molecular formula is C16H26O3Si. The molecule has 1 heterocycles. The third kappa shape index (κ3) is 2.64. The highest BCUT2D eigenvalue weighted by Crippen LogP contribution is 2.44. The van der Waals surface area contributed by atoms with Crippen LogP contribution in [0.15, 0.2) is 12.1 Å². The van der Waals surface area contributed by atoms with Crippen molar-refractivity contribution in [3.63, 3.8) is 0 Å². The lowest BCUT2D eigenvalue weighted by molar-refractivity contribution is -0.118. The summed E-state index contributed by atoms with van der Waals surface area (Å²) >= 11 is 0. The molecule has 20 heavy (non-hydrogen) atoms. The molecule has 1 aromatic rings. The van der Waals surface area contributed by atoms with E-state index in [1.165, 1.54) is 5.56 Å². The lowest BCUT2D eigenvalue weighted by atomic mass is 10.0. The molecule has 0 amide bonds. The second-order valence-electron chi connectivity index (χ2n) is 7.03. The summed E-state index contributed by atoms with van der Waals surface area (Å²) in [6.45, 7) is 14.0. The second-order valence-corrected chi connectivity index (χ2v) is 11.8. The Hall–Kier alpha value is -0.843. The Balaban J connectivity index is 2.45. The lowest BCUT2D eigenvalue weighted by Crippen LogP contribution is -2.44. The fourth-order valence-electron chi connectivity index (χ4n) is 2.11. The first kappa shape index (κ1) is 15.5. The first-order valence-corrected chi connectivity index (χ1v) is 10.0. The van der Waals surface area contributed by atoms with Crippen LogP contribution in [0.4, 0.5) is 0 Å². The van der Waals surface area contributed by atoms with Gasteiger partial charge < -0.3 is 13.9 Å². The zero-order valence-electron chi connectivity index (χ0n) is 13.7. The number of hydrogen-bond donors (Lipinski definition) is 0. The number of fused-ring (bicyclic) bond motifs is 1. The molecule has 0 saturated carbocycles. The Morgan fingerprint density at radius 1 is 1.25 bits per heavy atom. The average molecular weight is 294 g/mol. The van der Waals surface area contributed by atoms with Gasteiger partial charge in [0.05, 0.1) is 12.2 Å². The van der Waals surface area contributed by atoms with E-state index in [1.807, 2.05) is 0 Å². The van der Waals surface area contributed by atoms with Gasteiger partial charge in [0, 0.05) is 7.11 Å². The predicted octanol–water partition coefficient (Wildman–Crippen LogP) is 4.55. The highest BCUT2D eigenvalue weighted by atomic mass is 28.4. The van der Waals surface area contributed by atoms with Gasteiger partial charge in [-0.1, -0.05) is 32.9 Å². The number of rotatable bonds is 3. The Morgan fingerprint density at radius 3 is 2.45 bits per heavy atom. The SMILES string of the molecule is COC1OCc2ccc(C)c(O[Si](C)(C)C(C)(C)C)c21. The van der Waals surface area contributed by atoms with Gasteiger partial charge in [0.1, 0.15) is 5.75 Å². The van der Waals surface area contributed by atoms with Gasteiger partial charge in [0.2, 0.25) is 0 Å². The molecule has 1 aliphatic heterocycles. The van der Waals surface area contributed by atoms with Crippen LogP contribution in [0.3, 0.4) is 0 Å². The van der Waals surface area contributed by atoms with Crippen LogP contribution < -0.4 is 4.43 Å². The molecule has 2 rings (SSSR count). The molecule has 1 atom stereocenters. The third-order valence-corrected chi connectivity index (χ3v) is 8.81. The molecule has 0 aliphatic carbocycles. The monoisotopic (exact) mass is 294 g/mol. The fraction of sp³-hybridized carbons (Fsp3) is 0.625. The van der Waals surface area contributed by atoms with Crippen LogP contribution in [-0.2, 0) is 16.1 Å². The first-order valence-electron chi connectivity index (χ1n) is 7.13. The van der Waals surface area contributed by atoms with Crippen molar-refractivity contribution in [2.24, 2.45) is 0 Å². The summed E-state index contributed by atoms with van der Waals surface area (Å²) in [6, 6.07) is 4.23. The Bertz CT molecular complexity index is 503. The predicted molar refractivity (Wildman–Crippen MR) is 83.5 cm³/mol. The zero-order valence-corrected chi connectivity index (χ0v) is 14.7. The summed E-state index contributed by atoms with van der Waals surface area (Å²) in [5.41, 5.74) is 3.41. The molecule has 0 fully saturated rings. The second kappa shape index (κ2) is 5.17. The van der Waals surface area contributed by atoms with Crippen LogP contribution >= 0.6 is 0 Å². The first-order chi connectivity index (χ1) is 9.17. The zero-order chi connectivity index (χ0) is 15.1. The van der Waals surface area contributed by atoms with Gasteiger partial charge in [-0.2, -0.15) is 0 Å². The summed E-state index contributed by atoms with van der Waals surface area (Å²) in [7, 11) is -0.195. The van der Waals surface area contributed by atoms with Gasteiger partial charge in [0.25, 0.3) is 8.32 Å². The highest BCUT2D eigenvalue weighted by molar-refractivity contribution is 6.74. The molecule has 0 radical (unpaired) electrons. The average Bonchev–Trinajstić information content (AvgIpc) is 2.74. The van der Waals surface area contributed by atoms with Crippen molar-refractivity contribution < 1.29 is 13.9 Å². The molecule has 0 bridgehead atoms. The summed E-state index contributed by atoms with van der Waals surface area (Å²) in [6.07, 6.45) is -0.301. The summed E-state index contributed by atoms with van der Waals surface area (Å²) in [5, 5.41) is 0.171. The number of ether oxygens (including phenoxy) is 2. The van der Waals surface area contributed by atoms with E-state index < -0.39 is 8.32 Å². The molecular weight excluding hydrogens is 268 g/mol. The molecule has 3 nitrogen and oxygen atoms in total. The van der Waals surface area contributed by atoms with E-state index in [4.69, 9.17) is 13.9 Å². The Labute approximate surface area is 123 Å². The van der Waals surface area contributed by atoms with Gasteiger partial charge in [-0.25, -0.2) is 0 Å². The van der Waals surface area contributed by atoms with Gasteiger partial charge in [-0.3, -0.25) is 0 Å². The lowest BCUT2D eigenvalue weighted by Gasteiger charge is -2.37. The van der Waals surface area contributed by atoms with Crippen LogP contribution in [0.2, 0.25) is 18.1 Å². The van der Waals surface area contributed by atoms with Crippen molar-refractivity contribution in [1.82, 2.24) is 0 Å². The maximum atomic E-state index is 6.55. The summed E-state index contributed by atoms with van der Waals surface area (Å²) in [4.78, 5) is 0. The Morgan fingerprint density at radius 2 is 1.90 bits per heavy atom. The third-order valence-electron chi connectivity index (χ3n) is 4.49. The molecule has 1 aliphatic rings. The Kier molecular flexibility index (Phi) is 4.02. The molecule has 0 saturated heterocycles. The van der Waals surface area contributed by atoms with Crippen molar-refractivity contribution in [3.05, 3.63) is 28.8 Å². The molecule has 1 aromatic carbocycles. The molecule has 4 heteroatoms. The largest absolute Gasteiger partial charge is 0.543 e. The fourth-order valence-corrected chi connectivity index (χ4v) is 3.20. The van der Waals surface area contributed by atoms with Crippen molar-refractivity contribution in [3.8, 4) is 5.75 Å². The van der Waals surface area contributed by atoms with Crippen LogP contribution in [-0.4, -0.2) is 15.4 Å². The maximum Gasteiger partial charge on any atom is 0.250 e. The van der Waals surface area contributed by atoms with E-state index in [9.17, 15) is 0 Å². The minimum atomic E-state index is -1.87. The van der Waals surface area contributed by atoms with Crippen molar-refractivity contribution in [1.29, 1.82) is 0 Å². The number of hydrogen-bond acceptors (Lipinski definition) is 3. The molecule has 1 unspecified atom stereocenters. The number of aryl methyl sites for hydroxylation is 1. The normalized spacial score (nSPS) is 19.1. The van der Waals surface area contributed by atoms with E-state index in [1.54, 1.807) is 7.11 Å². The minimum Gasteiger partial charge on any atom is -0.543 e. The summed E-state index contributed by atoms with van der Waals surface area (Å²) < 4.78 is 17.7. The standard InChI is InChI=1S/C16H26O3Si/c1-11-8-9-12-10-18-15(17-5)13(12)14(11)19-20(6,7)16(2,3)4/h8-9,15H,10H2,1-7H3. The minimum absolute atomic E-state index is 0.171. The quantitative estimate of drug-likeness (QED) is 0.765. The molecule has 0 N–H and O–H groups in total. The smallest absolute Gasteiger partial charge is 0.250 e. The van der Waals surface area contributed by atoms with Crippen molar-refractivity contribution >= 4 is 8.32 Å². The van der Waals surface area contributed by atoms with E-state index in [2.05, 4.69) is 52.9 Å². The molecule has 112 valence electrons. The highest BCUT2D eigenvalue weighted by Gasteiger charge is 2.41. The number of methoxy groups -OCH3 is 1. The topological polar surface area (TPSA) is 27.7 Å². The van der Waals surface area contributed by atoms with Gasteiger partial charge >= 0.3 is 0 Å². The summed E-state index contributed by atoms with van der Waals surface area (Å²) in [5.74, 6) is 0.971. The van der Waals surface area contributed by atoms with E-state index in [0.29, 0.717) is 6.61 Å². The van der Waals surface area contributed by atoms with Crippen LogP contribution in [0.5, 0.6) is 5.75 Å². The molecule has 0 spiro atoms. The van der Waals surface area contributed by atoms with Gasteiger partial charge in [0.15, 0.2) is 6.29 Å². The van der Waals surface area contributed by atoms with Gasteiger partial charge in [-0.05, 0) is 36.2 Å². The van der Waals surface area contributed by atoms with Crippen LogP contribution in [0.25, 0.3) is 0 Å². The van der Waals surface area contributed by atoms with Crippen LogP contribution in [0.1, 0.15) is 43.8 Å². The van der Waals surface area contributed by atoms with Crippen LogP contribution in [0, 0.1) is 6.92 Å².